The first-order valence-electron chi connectivity index (χ1n) is 6.00. The summed E-state index contributed by atoms with van der Waals surface area (Å²) < 4.78 is 4.76. The highest BCUT2D eigenvalue weighted by Gasteiger charge is 2.40. The topological polar surface area (TPSA) is 46.6 Å². The summed E-state index contributed by atoms with van der Waals surface area (Å²) in [7, 11) is 1.41. The van der Waals surface area contributed by atoms with Gasteiger partial charge in [-0.05, 0) is 18.8 Å². The van der Waals surface area contributed by atoms with Crippen LogP contribution >= 0.6 is 0 Å². The third-order valence-corrected chi connectivity index (χ3v) is 3.88. The molecule has 4 nitrogen and oxygen atoms in total. The first-order chi connectivity index (χ1) is 7.63. The molecule has 1 amide bonds. The Balaban J connectivity index is 1.94. The Labute approximate surface area is 95.9 Å². The van der Waals surface area contributed by atoms with Gasteiger partial charge < -0.3 is 9.64 Å². The van der Waals surface area contributed by atoms with Crippen molar-refractivity contribution in [3.63, 3.8) is 0 Å². The van der Waals surface area contributed by atoms with Gasteiger partial charge >= 0.3 is 5.97 Å². The lowest BCUT2D eigenvalue weighted by Crippen LogP contribution is -2.38. The van der Waals surface area contributed by atoms with E-state index in [2.05, 4.69) is 0 Å². The molecule has 0 aromatic heterocycles. The van der Waals surface area contributed by atoms with Crippen molar-refractivity contribution in [2.45, 2.75) is 26.2 Å². The van der Waals surface area contributed by atoms with E-state index >= 15 is 0 Å². The maximum absolute atomic E-state index is 12.0. The number of ether oxygens (including phenoxy) is 1. The Morgan fingerprint density at radius 2 is 1.94 bits per heavy atom. The fraction of sp³-hybridized carbons (Fsp3) is 0.833. The van der Waals surface area contributed by atoms with Gasteiger partial charge in [-0.2, -0.15) is 0 Å². The van der Waals surface area contributed by atoms with Gasteiger partial charge in [-0.1, -0.05) is 13.3 Å². The lowest BCUT2D eigenvalue weighted by atomic mass is 9.84. The number of likely N-dealkylation sites (tertiary alicyclic amines) is 1. The number of rotatable bonds is 2. The third-order valence-electron chi connectivity index (χ3n) is 3.88. The average Bonchev–Trinajstić information content (AvgIpc) is 2.56. The Bertz CT molecular complexity index is 299. The van der Waals surface area contributed by atoms with Gasteiger partial charge in [0.15, 0.2) is 0 Å². The van der Waals surface area contributed by atoms with Crippen LogP contribution in [0.4, 0.5) is 0 Å². The number of carbonyl (C=O) groups excluding carboxylic acids is 2. The highest BCUT2D eigenvalue weighted by molar-refractivity contribution is 5.81. The van der Waals surface area contributed by atoms with Crippen LogP contribution in [-0.4, -0.2) is 37.0 Å². The Kier molecular flexibility index (Phi) is 3.17. The molecule has 2 unspecified atom stereocenters. The van der Waals surface area contributed by atoms with E-state index in [-0.39, 0.29) is 29.6 Å². The van der Waals surface area contributed by atoms with Crippen LogP contribution in [0.15, 0.2) is 0 Å². The van der Waals surface area contributed by atoms with Crippen molar-refractivity contribution in [3.8, 4) is 0 Å². The van der Waals surface area contributed by atoms with E-state index in [1.54, 1.807) is 0 Å². The zero-order chi connectivity index (χ0) is 11.7. The summed E-state index contributed by atoms with van der Waals surface area (Å²) in [5.74, 6) is 0.370. The number of amides is 1. The lowest BCUT2D eigenvalue weighted by Gasteiger charge is -2.29. The van der Waals surface area contributed by atoms with Gasteiger partial charge in [0.05, 0.1) is 13.0 Å². The Morgan fingerprint density at radius 3 is 2.44 bits per heavy atom. The molecule has 2 atom stereocenters. The van der Waals surface area contributed by atoms with Crippen molar-refractivity contribution >= 4 is 11.9 Å². The van der Waals surface area contributed by atoms with Crippen LogP contribution in [0.1, 0.15) is 26.2 Å². The fourth-order valence-electron chi connectivity index (χ4n) is 2.52. The summed E-state index contributed by atoms with van der Waals surface area (Å²) in [4.78, 5) is 25.3. The maximum atomic E-state index is 12.0. The summed E-state index contributed by atoms with van der Waals surface area (Å²) in [6.07, 6.45) is 3.21. The molecule has 2 aliphatic rings. The number of esters is 1. The first kappa shape index (κ1) is 11.4. The number of nitrogens with zero attached hydrogens (tertiary/aromatic N) is 1. The predicted octanol–water partition coefficient (Wildman–Crippen LogP) is 1.05. The molecular formula is C12H19NO3. The summed E-state index contributed by atoms with van der Waals surface area (Å²) in [5.41, 5.74) is 0. The molecule has 0 bridgehead atoms. The molecule has 2 fully saturated rings. The molecule has 0 radical (unpaired) electrons. The molecule has 0 aromatic rings. The average molecular weight is 225 g/mol. The molecule has 1 aliphatic heterocycles. The zero-order valence-electron chi connectivity index (χ0n) is 9.94. The normalized spacial score (nSPS) is 30.0. The molecule has 0 N–H and O–H groups in total. The van der Waals surface area contributed by atoms with Gasteiger partial charge in [-0.3, -0.25) is 9.59 Å². The summed E-state index contributed by atoms with van der Waals surface area (Å²) in [5, 5.41) is 0. The van der Waals surface area contributed by atoms with Crippen molar-refractivity contribution in [1.82, 2.24) is 4.90 Å². The summed E-state index contributed by atoms with van der Waals surface area (Å²) in [6, 6.07) is 0. The molecule has 2 rings (SSSR count). The van der Waals surface area contributed by atoms with E-state index in [0.29, 0.717) is 13.1 Å². The summed E-state index contributed by atoms with van der Waals surface area (Å²) in [6.45, 7) is 3.26. The highest BCUT2D eigenvalue weighted by Crippen LogP contribution is 2.32. The second kappa shape index (κ2) is 4.44. The highest BCUT2D eigenvalue weighted by atomic mass is 16.5. The largest absolute Gasteiger partial charge is 0.469 e. The Hall–Kier alpha value is -1.06. The van der Waals surface area contributed by atoms with Crippen molar-refractivity contribution in [2.75, 3.05) is 20.2 Å². The molecule has 0 spiro atoms. The van der Waals surface area contributed by atoms with Gasteiger partial charge in [0.2, 0.25) is 5.91 Å². The smallest absolute Gasteiger partial charge is 0.310 e. The van der Waals surface area contributed by atoms with Gasteiger partial charge in [-0.25, -0.2) is 0 Å². The van der Waals surface area contributed by atoms with E-state index in [9.17, 15) is 9.59 Å². The van der Waals surface area contributed by atoms with Gasteiger partial charge in [0.25, 0.3) is 0 Å². The molecule has 1 saturated carbocycles. The minimum Gasteiger partial charge on any atom is -0.469 e. The van der Waals surface area contributed by atoms with Crippen LogP contribution < -0.4 is 0 Å². The molecule has 0 aromatic carbocycles. The van der Waals surface area contributed by atoms with Gasteiger partial charge in [0, 0.05) is 19.0 Å². The van der Waals surface area contributed by atoms with E-state index in [1.165, 1.54) is 13.5 Å². The van der Waals surface area contributed by atoms with Crippen molar-refractivity contribution in [1.29, 1.82) is 0 Å². The summed E-state index contributed by atoms with van der Waals surface area (Å²) >= 11 is 0. The lowest BCUT2D eigenvalue weighted by molar-refractivity contribution is -0.146. The quantitative estimate of drug-likeness (QED) is 0.660. The van der Waals surface area contributed by atoms with Crippen LogP contribution in [0, 0.1) is 17.8 Å². The molecule has 1 aliphatic carbocycles. The zero-order valence-corrected chi connectivity index (χ0v) is 9.94. The van der Waals surface area contributed by atoms with E-state index < -0.39 is 0 Å². The molecular weight excluding hydrogens is 206 g/mol. The molecule has 90 valence electrons. The van der Waals surface area contributed by atoms with Crippen LogP contribution in [0.3, 0.4) is 0 Å². The maximum Gasteiger partial charge on any atom is 0.310 e. The van der Waals surface area contributed by atoms with Crippen LogP contribution in [0.5, 0.6) is 0 Å². The second-order valence-electron chi connectivity index (χ2n) is 4.98. The number of methoxy groups -OCH3 is 1. The fourth-order valence-corrected chi connectivity index (χ4v) is 2.52. The number of hydrogen-bond donors (Lipinski definition) is 0. The standard InChI is InChI=1S/C12H19NO3/c1-8-6-13(7-10(8)12(15)16-2)11(14)9-4-3-5-9/h8-10H,3-7H2,1-2H3. The van der Waals surface area contributed by atoms with E-state index in [4.69, 9.17) is 4.74 Å². The van der Waals surface area contributed by atoms with Crippen molar-refractivity contribution < 1.29 is 14.3 Å². The SMILES string of the molecule is COC(=O)C1CN(C(=O)C2CCC2)CC1C. The minimum atomic E-state index is -0.184. The monoisotopic (exact) mass is 225 g/mol. The molecule has 16 heavy (non-hydrogen) atoms. The van der Waals surface area contributed by atoms with E-state index in [0.717, 1.165) is 12.8 Å². The second-order valence-corrected chi connectivity index (χ2v) is 4.98. The van der Waals surface area contributed by atoms with Gasteiger partial charge in [0.1, 0.15) is 0 Å². The number of hydrogen-bond acceptors (Lipinski definition) is 3. The minimum absolute atomic E-state index is 0.131. The van der Waals surface area contributed by atoms with Crippen molar-refractivity contribution in [2.24, 2.45) is 17.8 Å². The first-order valence-corrected chi connectivity index (χ1v) is 6.00. The Morgan fingerprint density at radius 1 is 1.25 bits per heavy atom. The van der Waals surface area contributed by atoms with Gasteiger partial charge in [-0.15, -0.1) is 0 Å². The molecule has 4 heteroatoms. The molecule has 1 saturated heterocycles. The number of carbonyl (C=O) groups is 2. The predicted molar refractivity (Wildman–Crippen MR) is 58.6 cm³/mol. The van der Waals surface area contributed by atoms with E-state index in [1.807, 2.05) is 11.8 Å². The van der Waals surface area contributed by atoms with Crippen LogP contribution in [0.2, 0.25) is 0 Å². The van der Waals surface area contributed by atoms with Crippen molar-refractivity contribution in [3.05, 3.63) is 0 Å². The molecule has 1 heterocycles. The third kappa shape index (κ3) is 1.93. The van der Waals surface area contributed by atoms with Crippen LogP contribution in [0.25, 0.3) is 0 Å². The van der Waals surface area contributed by atoms with Crippen LogP contribution in [-0.2, 0) is 14.3 Å².